The molecule has 0 aromatic heterocycles. The summed E-state index contributed by atoms with van der Waals surface area (Å²) >= 11 is 0. The fraction of sp³-hybridized carbons (Fsp3) is 1.00. The fourth-order valence-corrected chi connectivity index (χ4v) is 2.13. The van der Waals surface area contributed by atoms with Crippen LogP contribution < -0.4 is 0 Å². The summed E-state index contributed by atoms with van der Waals surface area (Å²) in [6, 6.07) is 0. The standard InChI is InChI=1S/C16H34O.C4H10O2/c1-3-5-7-9-11-13-15-17-16-14-12-10-8-6-4-2;1-4(2-5)3-6/h3-16H2,1-2H3;4-6H,2-3H2,1H3. The lowest BCUT2D eigenvalue weighted by Gasteiger charge is -2.04. The Hall–Kier alpha value is -0.120. The highest BCUT2D eigenvalue weighted by Crippen LogP contribution is 2.06. The second-order valence-electron chi connectivity index (χ2n) is 6.62. The number of aliphatic hydroxyl groups is 2. The number of rotatable bonds is 16. The van der Waals surface area contributed by atoms with Crippen molar-refractivity contribution in [3.8, 4) is 0 Å². The van der Waals surface area contributed by atoms with Gasteiger partial charge in [0.25, 0.3) is 0 Å². The van der Waals surface area contributed by atoms with Crippen LogP contribution in [-0.4, -0.2) is 36.6 Å². The maximum atomic E-state index is 8.17. The average molecular weight is 333 g/mol. The van der Waals surface area contributed by atoms with Gasteiger partial charge in [0.05, 0.1) is 0 Å². The van der Waals surface area contributed by atoms with Crippen LogP contribution in [0.2, 0.25) is 0 Å². The topological polar surface area (TPSA) is 49.7 Å². The van der Waals surface area contributed by atoms with E-state index in [4.69, 9.17) is 14.9 Å². The van der Waals surface area contributed by atoms with E-state index >= 15 is 0 Å². The van der Waals surface area contributed by atoms with Gasteiger partial charge in [0.2, 0.25) is 0 Å². The lowest BCUT2D eigenvalue weighted by atomic mass is 10.1. The fourth-order valence-electron chi connectivity index (χ4n) is 2.13. The molecular weight excluding hydrogens is 288 g/mol. The van der Waals surface area contributed by atoms with Crippen LogP contribution in [0.5, 0.6) is 0 Å². The minimum atomic E-state index is 0.0463. The molecule has 0 aliphatic rings. The molecule has 0 aromatic rings. The van der Waals surface area contributed by atoms with Gasteiger partial charge in [-0.15, -0.1) is 0 Å². The Bertz CT molecular complexity index is 168. The molecular formula is C20H44O3. The highest BCUT2D eigenvalue weighted by molar-refractivity contribution is 4.45. The van der Waals surface area contributed by atoms with Crippen LogP contribution in [0.4, 0.5) is 0 Å². The van der Waals surface area contributed by atoms with E-state index in [1.54, 1.807) is 6.92 Å². The first-order valence-electron chi connectivity index (χ1n) is 10.0. The summed E-state index contributed by atoms with van der Waals surface area (Å²) in [6.45, 7) is 8.45. The van der Waals surface area contributed by atoms with E-state index in [0.717, 1.165) is 13.2 Å². The summed E-state index contributed by atoms with van der Waals surface area (Å²) in [7, 11) is 0. The largest absolute Gasteiger partial charge is 0.396 e. The van der Waals surface area contributed by atoms with Crippen molar-refractivity contribution in [2.24, 2.45) is 5.92 Å². The number of aliphatic hydroxyl groups excluding tert-OH is 2. The number of unbranched alkanes of at least 4 members (excludes halogenated alkanes) is 10. The molecule has 0 aliphatic carbocycles. The van der Waals surface area contributed by atoms with Crippen LogP contribution in [0, 0.1) is 5.92 Å². The highest BCUT2D eigenvalue weighted by atomic mass is 16.5. The van der Waals surface area contributed by atoms with E-state index in [9.17, 15) is 0 Å². The van der Waals surface area contributed by atoms with Crippen molar-refractivity contribution in [2.45, 2.75) is 97.8 Å². The first-order chi connectivity index (χ1) is 11.2. The molecule has 0 heterocycles. The molecule has 0 saturated carbocycles. The Balaban J connectivity index is 0. The Kier molecular flexibility index (Phi) is 26.4. The minimum Gasteiger partial charge on any atom is -0.396 e. The molecule has 0 rings (SSSR count). The molecule has 0 atom stereocenters. The molecule has 142 valence electrons. The second kappa shape index (κ2) is 24.1. The SMILES string of the molecule is CC(CO)CO.CCCCCCCCOCCCCCCCC. The lowest BCUT2D eigenvalue weighted by molar-refractivity contribution is 0.125. The normalized spacial score (nSPS) is 10.7. The molecule has 3 heteroatoms. The maximum absolute atomic E-state index is 8.17. The van der Waals surface area contributed by atoms with Gasteiger partial charge in [-0.3, -0.25) is 0 Å². The maximum Gasteiger partial charge on any atom is 0.0478 e. The second-order valence-corrected chi connectivity index (χ2v) is 6.62. The van der Waals surface area contributed by atoms with Gasteiger partial charge in [-0.1, -0.05) is 85.0 Å². The van der Waals surface area contributed by atoms with Crippen molar-refractivity contribution >= 4 is 0 Å². The first kappa shape index (κ1) is 25.1. The third-order valence-electron chi connectivity index (χ3n) is 3.91. The van der Waals surface area contributed by atoms with Crippen LogP contribution in [0.15, 0.2) is 0 Å². The lowest BCUT2D eigenvalue weighted by Crippen LogP contribution is -2.04. The molecule has 2 N–H and O–H groups in total. The van der Waals surface area contributed by atoms with Gasteiger partial charge in [0, 0.05) is 32.3 Å². The van der Waals surface area contributed by atoms with E-state index in [1.165, 1.54) is 77.0 Å². The quantitative estimate of drug-likeness (QED) is 0.375. The summed E-state index contributed by atoms with van der Waals surface area (Å²) in [5.41, 5.74) is 0. The molecule has 0 unspecified atom stereocenters. The third kappa shape index (κ3) is 27.0. The van der Waals surface area contributed by atoms with Gasteiger partial charge in [0.1, 0.15) is 0 Å². The number of hydrogen-bond acceptors (Lipinski definition) is 3. The number of ether oxygens (including phenoxy) is 1. The third-order valence-corrected chi connectivity index (χ3v) is 3.91. The molecule has 0 aromatic carbocycles. The highest BCUT2D eigenvalue weighted by Gasteiger charge is 1.93. The monoisotopic (exact) mass is 332 g/mol. The van der Waals surface area contributed by atoms with Crippen LogP contribution >= 0.6 is 0 Å². The zero-order valence-electron chi connectivity index (χ0n) is 16.2. The van der Waals surface area contributed by atoms with Crippen molar-refractivity contribution in [1.29, 1.82) is 0 Å². The van der Waals surface area contributed by atoms with E-state index in [0.29, 0.717) is 0 Å². The Labute approximate surface area is 145 Å². The zero-order chi connectivity index (χ0) is 17.6. The predicted molar refractivity (Wildman–Crippen MR) is 101 cm³/mol. The smallest absolute Gasteiger partial charge is 0.0478 e. The molecule has 0 aliphatic heterocycles. The molecule has 0 spiro atoms. The van der Waals surface area contributed by atoms with Gasteiger partial charge in [-0.2, -0.15) is 0 Å². The van der Waals surface area contributed by atoms with Crippen LogP contribution in [0.1, 0.15) is 97.8 Å². The molecule has 23 heavy (non-hydrogen) atoms. The van der Waals surface area contributed by atoms with Crippen molar-refractivity contribution < 1.29 is 14.9 Å². The van der Waals surface area contributed by atoms with Gasteiger partial charge >= 0.3 is 0 Å². The Morgan fingerprint density at radius 3 is 1.26 bits per heavy atom. The summed E-state index contributed by atoms with van der Waals surface area (Å²) in [6.07, 6.45) is 16.3. The summed E-state index contributed by atoms with van der Waals surface area (Å²) < 4.78 is 5.65. The summed E-state index contributed by atoms with van der Waals surface area (Å²) in [5.74, 6) is 0.0463. The van der Waals surface area contributed by atoms with Crippen molar-refractivity contribution in [1.82, 2.24) is 0 Å². The molecule has 0 fully saturated rings. The molecule has 0 amide bonds. The van der Waals surface area contributed by atoms with E-state index in [2.05, 4.69) is 13.8 Å². The van der Waals surface area contributed by atoms with Crippen LogP contribution in [-0.2, 0) is 4.74 Å². The van der Waals surface area contributed by atoms with Gasteiger partial charge < -0.3 is 14.9 Å². The van der Waals surface area contributed by atoms with Gasteiger partial charge in [0.15, 0.2) is 0 Å². The molecule has 3 nitrogen and oxygen atoms in total. The first-order valence-corrected chi connectivity index (χ1v) is 10.0. The summed E-state index contributed by atoms with van der Waals surface area (Å²) in [5, 5.41) is 16.3. The van der Waals surface area contributed by atoms with E-state index < -0.39 is 0 Å². The van der Waals surface area contributed by atoms with Gasteiger partial charge in [-0.05, 0) is 12.8 Å². The Morgan fingerprint density at radius 1 is 0.609 bits per heavy atom. The molecule has 0 saturated heterocycles. The predicted octanol–water partition coefficient (Wildman–Crippen LogP) is 5.33. The van der Waals surface area contributed by atoms with Crippen molar-refractivity contribution in [2.75, 3.05) is 26.4 Å². The van der Waals surface area contributed by atoms with Crippen molar-refractivity contribution in [3.05, 3.63) is 0 Å². The van der Waals surface area contributed by atoms with Crippen LogP contribution in [0.3, 0.4) is 0 Å². The average Bonchev–Trinajstić information content (AvgIpc) is 2.59. The van der Waals surface area contributed by atoms with Crippen molar-refractivity contribution in [3.63, 3.8) is 0 Å². The van der Waals surface area contributed by atoms with Crippen LogP contribution in [0.25, 0.3) is 0 Å². The Morgan fingerprint density at radius 2 is 0.957 bits per heavy atom. The minimum absolute atomic E-state index is 0.0463. The van der Waals surface area contributed by atoms with E-state index in [-0.39, 0.29) is 19.1 Å². The van der Waals surface area contributed by atoms with E-state index in [1.807, 2.05) is 0 Å². The van der Waals surface area contributed by atoms with Gasteiger partial charge in [-0.25, -0.2) is 0 Å². The summed E-state index contributed by atoms with van der Waals surface area (Å²) in [4.78, 5) is 0. The zero-order valence-corrected chi connectivity index (χ0v) is 16.2. The molecule has 0 radical (unpaired) electrons. The molecule has 0 bridgehead atoms. The number of hydrogen-bond donors (Lipinski definition) is 2.